The number of anilines is 1. The number of aromatic nitrogens is 3. The van der Waals surface area contributed by atoms with Gasteiger partial charge in [0.2, 0.25) is 0 Å². The summed E-state index contributed by atoms with van der Waals surface area (Å²) in [4.78, 5) is 12.4. The first-order chi connectivity index (χ1) is 12.3. The van der Waals surface area contributed by atoms with E-state index in [9.17, 15) is 18.0 Å². The molecule has 0 spiro atoms. The van der Waals surface area contributed by atoms with E-state index in [-0.39, 0.29) is 0 Å². The largest absolute Gasteiger partial charge is 0.416 e. The summed E-state index contributed by atoms with van der Waals surface area (Å²) in [5, 5.41) is 10.2. The third-order valence-corrected chi connectivity index (χ3v) is 3.81. The van der Waals surface area contributed by atoms with Gasteiger partial charge in [-0.15, -0.1) is 5.10 Å². The van der Waals surface area contributed by atoms with Gasteiger partial charge in [0.05, 0.1) is 18.3 Å². The second-order valence-corrected chi connectivity index (χ2v) is 5.78. The SMILES string of the molecule is Cc1cc(C(F)(F)F)ccc1NC(=O)c1cccc(Cn2ccnn2)c1. The molecule has 3 rings (SSSR count). The first kappa shape index (κ1) is 17.7. The van der Waals surface area contributed by atoms with E-state index in [0.29, 0.717) is 23.4 Å². The number of benzene rings is 2. The van der Waals surface area contributed by atoms with E-state index in [1.165, 1.54) is 13.0 Å². The second-order valence-electron chi connectivity index (χ2n) is 5.78. The average Bonchev–Trinajstić information content (AvgIpc) is 3.09. The molecule has 5 nitrogen and oxygen atoms in total. The third kappa shape index (κ3) is 4.08. The number of nitrogens with zero attached hydrogens (tertiary/aromatic N) is 3. The summed E-state index contributed by atoms with van der Waals surface area (Å²) in [6.45, 7) is 1.98. The molecule has 0 saturated carbocycles. The Morgan fingerprint density at radius 1 is 1.19 bits per heavy atom. The van der Waals surface area contributed by atoms with Crippen LogP contribution >= 0.6 is 0 Å². The Labute approximate surface area is 147 Å². The minimum atomic E-state index is -4.41. The number of nitrogens with one attached hydrogen (secondary N) is 1. The molecule has 8 heteroatoms. The van der Waals surface area contributed by atoms with Crippen LogP contribution in [0.4, 0.5) is 18.9 Å². The van der Waals surface area contributed by atoms with E-state index < -0.39 is 17.6 Å². The first-order valence-electron chi connectivity index (χ1n) is 7.75. The van der Waals surface area contributed by atoms with E-state index in [2.05, 4.69) is 15.6 Å². The van der Waals surface area contributed by atoms with E-state index >= 15 is 0 Å². The third-order valence-electron chi connectivity index (χ3n) is 3.81. The zero-order chi connectivity index (χ0) is 18.7. The predicted molar refractivity (Wildman–Crippen MR) is 89.7 cm³/mol. The maximum absolute atomic E-state index is 12.7. The molecule has 0 unspecified atom stereocenters. The van der Waals surface area contributed by atoms with Gasteiger partial charge in [-0.3, -0.25) is 4.79 Å². The fourth-order valence-corrected chi connectivity index (χ4v) is 2.49. The molecule has 1 heterocycles. The highest BCUT2D eigenvalue weighted by molar-refractivity contribution is 6.04. The van der Waals surface area contributed by atoms with Crippen molar-refractivity contribution in [2.24, 2.45) is 0 Å². The Morgan fingerprint density at radius 3 is 2.65 bits per heavy atom. The van der Waals surface area contributed by atoms with Crippen molar-refractivity contribution in [2.75, 3.05) is 5.32 Å². The van der Waals surface area contributed by atoms with Gasteiger partial charge in [0.25, 0.3) is 5.91 Å². The fraction of sp³-hybridized carbons (Fsp3) is 0.167. The van der Waals surface area contributed by atoms with Crippen molar-refractivity contribution in [3.05, 3.63) is 77.1 Å². The molecule has 3 aromatic rings. The second kappa shape index (κ2) is 6.99. The standard InChI is InChI=1S/C18H15F3N4O/c1-12-9-15(18(19,20)21)5-6-16(12)23-17(26)14-4-2-3-13(10-14)11-25-8-7-22-24-25/h2-10H,11H2,1H3,(H,23,26). The summed E-state index contributed by atoms with van der Waals surface area (Å²) in [6.07, 6.45) is -1.15. The molecule has 0 bridgehead atoms. The number of alkyl halides is 3. The summed E-state index contributed by atoms with van der Waals surface area (Å²) in [5.41, 5.74) is 1.19. The van der Waals surface area contributed by atoms with Crippen molar-refractivity contribution < 1.29 is 18.0 Å². The van der Waals surface area contributed by atoms with Crippen molar-refractivity contribution in [1.82, 2.24) is 15.0 Å². The van der Waals surface area contributed by atoms with Gasteiger partial charge in [0, 0.05) is 17.4 Å². The monoisotopic (exact) mass is 360 g/mol. The normalized spacial score (nSPS) is 11.4. The van der Waals surface area contributed by atoms with Gasteiger partial charge in [0.1, 0.15) is 0 Å². The summed E-state index contributed by atoms with van der Waals surface area (Å²) in [5.74, 6) is -0.395. The van der Waals surface area contributed by atoms with Crippen LogP contribution in [0.1, 0.15) is 27.0 Å². The summed E-state index contributed by atoms with van der Waals surface area (Å²) < 4.78 is 39.8. The molecular weight excluding hydrogens is 345 g/mol. The van der Waals surface area contributed by atoms with Crippen LogP contribution in [0.5, 0.6) is 0 Å². The highest BCUT2D eigenvalue weighted by Gasteiger charge is 2.30. The molecule has 1 amide bonds. The lowest BCUT2D eigenvalue weighted by atomic mass is 10.1. The molecule has 0 radical (unpaired) electrons. The van der Waals surface area contributed by atoms with Crippen LogP contribution in [0, 0.1) is 6.92 Å². The molecular formula is C18H15F3N4O. The predicted octanol–water partition coefficient (Wildman–Crippen LogP) is 3.91. The van der Waals surface area contributed by atoms with E-state index in [0.717, 1.165) is 17.7 Å². The number of aryl methyl sites for hydroxylation is 1. The van der Waals surface area contributed by atoms with Gasteiger partial charge >= 0.3 is 6.18 Å². The van der Waals surface area contributed by atoms with Crippen LogP contribution in [0.25, 0.3) is 0 Å². The quantitative estimate of drug-likeness (QED) is 0.768. The molecule has 134 valence electrons. The number of carbonyl (C=O) groups is 1. The van der Waals surface area contributed by atoms with E-state index in [1.54, 1.807) is 35.3 Å². The number of halogens is 3. The van der Waals surface area contributed by atoms with Gasteiger partial charge in [-0.05, 0) is 48.4 Å². The Balaban J connectivity index is 1.76. The Hall–Kier alpha value is -3.16. The van der Waals surface area contributed by atoms with Crippen molar-refractivity contribution in [3.8, 4) is 0 Å². The maximum Gasteiger partial charge on any atom is 0.416 e. The summed E-state index contributed by atoms with van der Waals surface area (Å²) >= 11 is 0. The van der Waals surface area contributed by atoms with Gasteiger partial charge in [-0.1, -0.05) is 17.3 Å². The molecule has 1 aromatic heterocycles. The average molecular weight is 360 g/mol. The first-order valence-corrected chi connectivity index (χ1v) is 7.75. The topological polar surface area (TPSA) is 59.8 Å². The van der Waals surface area contributed by atoms with Crippen molar-refractivity contribution in [2.45, 2.75) is 19.6 Å². The molecule has 0 atom stereocenters. The number of hydrogen-bond donors (Lipinski definition) is 1. The maximum atomic E-state index is 12.7. The van der Waals surface area contributed by atoms with Crippen LogP contribution in [0.2, 0.25) is 0 Å². The van der Waals surface area contributed by atoms with E-state index in [1.807, 2.05) is 6.07 Å². The lowest BCUT2D eigenvalue weighted by molar-refractivity contribution is -0.137. The smallest absolute Gasteiger partial charge is 0.322 e. The molecule has 26 heavy (non-hydrogen) atoms. The van der Waals surface area contributed by atoms with Crippen LogP contribution < -0.4 is 5.32 Å². The highest BCUT2D eigenvalue weighted by atomic mass is 19.4. The Bertz CT molecular complexity index is 920. The molecule has 0 fully saturated rings. The van der Waals surface area contributed by atoms with Crippen LogP contribution in [0.3, 0.4) is 0 Å². The fourth-order valence-electron chi connectivity index (χ4n) is 2.49. The number of amides is 1. The number of hydrogen-bond acceptors (Lipinski definition) is 3. The van der Waals surface area contributed by atoms with Crippen molar-refractivity contribution >= 4 is 11.6 Å². The van der Waals surface area contributed by atoms with Crippen molar-refractivity contribution in [1.29, 1.82) is 0 Å². The lowest BCUT2D eigenvalue weighted by Gasteiger charge is -2.12. The minimum absolute atomic E-state index is 0.338. The molecule has 0 aliphatic rings. The van der Waals surface area contributed by atoms with Crippen LogP contribution in [0.15, 0.2) is 54.9 Å². The zero-order valence-corrected chi connectivity index (χ0v) is 13.8. The van der Waals surface area contributed by atoms with Crippen LogP contribution in [-0.2, 0) is 12.7 Å². The van der Waals surface area contributed by atoms with Gasteiger partial charge in [-0.25, -0.2) is 4.68 Å². The lowest BCUT2D eigenvalue weighted by Crippen LogP contribution is -2.14. The summed E-state index contributed by atoms with van der Waals surface area (Å²) in [7, 11) is 0. The number of rotatable bonds is 4. The zero-order valence-electron chi connectivity index (χ0n) is 13.8. The van der Waals surface area contributed by atoms with E-state index in [4.69, 9.17) is 0 Å². The summed E-state index contributed by atoms with van der Waals surface area (Å²) in [6, 6.07) is 10.1. The van der Waals surface area contributed by atoms with Gasteiger partial charge < -0.3 is 5.32 Å². The molecule has 0 aliphatic heterocycles. The van der Waals surface area contributed by atoms with Gasteiger partial charge in [0.15, 0.2) is 0 Å². The molecule has 0 aliphatic carbocycles. The van der Waals surface area contributed by atoms with Gasteiger partial charge in [-0.2, -0.15) is 13.2 Å². The number of carbonyl (C=O) groups excluding carboxylic acids is 1. The Kier molecular flexibility index (Phi) is 4.75. The van der Waals surface area contributed by atoms with Crippen LogP contribution in [-0.4, -0.2) is 20.9 Å². The minimum Gasteiger partial charge on any atom is -0.322 e. The van der Waals surface area contributed by atoms with Crippen molar-refractivity contribution in [3.63, 3.8) is 0 Å². The molecule has 0 saturated heterocycles. The molecule has 2 aromatic carbocycles. The highest BCUT2D eigenvalue weighted by Crippen LogP contribution is 2.31. The molecule has 1 N–H and O–H groups in total. The Morgan fingerprint density at radius 2 is 2.00 bits per heavy atom.